The molecule has 0 unspecified atom stereocenters. The van der Waals surface area contributed by atoms with Gasteiger partial charge in [0.15, 0.2) is 5.13 Å². The van der Waals surface area contributed by atoms with E-state index in [2.05, 4.69) is 10.3 Å². The van der Waals surface area contributed by atoms with E-state index in [1.165, 1.54) is 0 Å². The lowest BCUT2D eigenvalue weighted by molar-refractivity contribution is -0.151. The third kappa shape index (κ3) is 2.86. The van der Waals surface area contributed by atoms with Crippen LogP contribution in [0.1, 0.15) is 17.7 Å². The lowest BCUT2D eigenvalue weighted by Crippen LogP contribution is -2.41. The van der Waals surface area contributed by atoms with Crippen molar-refractivity contribution in [3.05, 3.63) is 11.1 Å². The maximum absolute atomic E-state index is 12.3. The monoisotopic (exact) mass is 294 g/mol. The standard InChI is InChI=1S/C10H9F3N2O3S/c11-10(12,13)6-3-14-9(19-6)15-7(16)4-1-2-5(4)8(17)18/h3-5H,1-2H2,(H,17,18)(H,14,15,16)/t4-,5+/m0/s1. The first-order valence-electron chi connectivity index (χ1n) is 5.35. The van der Waals surface area contributed by atoms with E-state index in [1.807, 2.05) is 0 Å². The number of nitrogens with one attached hydrogen (secondary N) is 1. The van der Waals surface area contributed by atoms with Crippen molar-refractivity contribution in [3.8, 4) is 0 Å². The number of rotatable bonds is 3. The van der Waals surface area contributed by atoms with E-state index >= 15 is 0 Å². The minimum absolute atomic E-state index is 0.173. The van der Waals surface area contributed by atoms with Crippen LogP contribution in [0.5, 0.6) is 0 Å². The Kier molecular flexibility index (Phi) is 3.48. The molecule has 0 aliphatic heterocycles. The number of anilines is 1. The Bertz CT molecular complexity index is 514. The molecule has 9 heteroatoms. The lowest BCUT2D eigenvalue weighted by atomic mass is 9.73. The first-order valence-corrected chi connectivity index (χ1v) is 6.17. The van der Waals surface area contributed by atoms with Crippen molar-refractivity contribution in [2.45, 2.75) is 19.0 Å². The maximum Gasteiger partial charge on any atom is 0.427 e. The zero-order valence-corrected chi connectivity index (χ0v) is 10.2. The highest BCUT2D eigenvalue weighted by molar-refractivity contribution is 7.15. The fraction of sp³-hybridized carbons (Fsp3) is 0.500. The normalized spacial score (nSPS) is 22.7. The average Bonchev–Trinajstić information content (AvgIpc) is 2.62. The summed E-state index contributed by atoms with van der Waals surface area (Å²) in [6, 6.07) is 0. The average molecular weight is 294 g/mol. The molecule has 1 aliphatic carbocycles. The summed E-state index contributed by atoms with van der Waals surface area (Å²) in [5.41, 5.74) is 0. The fourth-order valence-corrected chi connectivity index (χ4v) is 2.46. The van der Waals surface area contributed by atoms with Crippen molar-refractivity contribution >= 4 is 28.3 Å². The number of thiazole rings is 1. The maximum atomic E-state index is 12.3. The molecule has 1 heterocycles. The SMILES string of the molecule is O=C(Nc1ncc(C(F)(F)F)s1)[C@H]1CC[C@H]1C(=O)O. The van der Waals surface area contributed by atoms with Crippen LogP contribution in [0, 0.1) is 11.8 Å². The number of alkyl halides is 3. The number of aromatic nitrogens is 1. The molecule has 2 atom stereocenters. The second-order valence-corrected chi connectivity index (χ2v) is 5.18. The van der Waals surface area contributed by atoms with Gasteiger partial charge in [0, 0.05) is 0 Å². The highest BCUT2D eigenvalue weighted by Crippen LogP contribution is 2.37. The third-order valence-corrected chi connectivity index (χ3v) is 3.90. The van der Waals surface area contributed by atoms with Crippen LogP contribution in [-0.4, -0.2) is 22.0 Å². The Morgan fingerprint density at radius 1 is 1.37 bits per heavy atom. The minimum Gasteiger partial charge on any atom is -0.481 e. The van der Waals surface area contributed by atoms with Crippen LogP contribution in [0.15, 0.2) is 6.20 Å². The number of hydrogen-bond acceptors (Lipinski definition) is 4. The molecule has 2 N–H and O–H groups in total. The number of carboxylic acid groups (broad SMARTS) is 1. The molecule has 1 amide bonds. The van der Waals surface area contributed by atoms with E-state index in [0.29, 0.717) is 30.4 Å². The second kappa shape index (κ2) is 4.80. The molecule has 2 rings (SSSR count). The Balaban J connectivity index is 2.00. The number of hydrogen-bond donors (Lipinski definition) is 2. The number of carboxylic acids is 1. The van der Waals surface area contributed by atoms with Gasteiger partial charge in [0.25, 0.3) is 0 Å². The number of carbonyl (C=O) groups excluding carboxylic acids is 1. The van der Waals surface area contributed by atoms with Gasteiger partial charge >= 0.3 is 12.1 Å². The van der Waals surface area contributed by atoms with E-state index in [1.54, 1.807) is 0 Å². The fourth-order valence-electron chi connectivity index (χ4n) is 1.77. The summed E-state index contributed by atoms with van der Waals surface area (Å²) in [4.78, 5) is 25.0. The highest BCUT2D eigenvalue weighted by atomic mass is 32.1. The second-order valence-electron chi connectivity index (χ2n) is 4.15. The molecular weight excluding hydrogens is 285 g/mol. The molecule has 0 radical (unpaired) electrons. The molecular formula is C10H9F3N2O3S. The van der Waals surface area contributed by atoms with Gasteiger partial charge in [-0.05, 0) is 12.8 Å². The summed E-state index contributed by atoms with van der Waals surface area (Å²) in [7, 11) is 0. The van der Waals surface area contributed by atoms with Crippen molar-refractivity contribution in [3.63, 3.8) is 0 Å². The van der Waals surface area contributed by atoms with Crippen LogP contribution in [0.4, 0.5) is 18.3 Å². The van der Waals surface area contributed by atoms with E-state index in [9.17, 15) is 22.8 Å². The molecule has 1 saturated carbocycles. The Labute approximate surface area is 109 Å². The van der Waals surface area contributed by atoms with Gasteiger partial charge in [0.1, 0.15) is 4.88 Å². The van der Waals surface area contributed by atoms with Gasteiger partial charge in [-0.3, -0.25) is 9.59 Å². The minimum atomic E-state index is -4.50. The first kappa shape index (κ1) is 13.8. The zero-order valence-electron chi connectivity index (χ0n) is 9.40. The van der Waals surface area contributed by atoms with Crippen LogP contribution in [0.25, 0.3) is 0 Å². The highest BCUT2D eigenvalue weighted by Gasteiger charge is 2.42. The summed E-state index contributed by atoms with van der Waals surface area (Å²) in [5.74, 6) is -3.12. The van der Waals surface area contributed by atoms with Crippen LogP contribution in [0.3, 0.4) is 0 Å². The van der Waals surface area contributed by atoms with Crippen LogP contribution in [0.2, 0.25) is 0 Å². The van der Waals surface area contributed by atoms with Crippen molar-refractivity contribution in [1.82, 2.24) is 4.98 Å². The van der Waals surface area contributed by atoms with Gasteiger partial charge in [-0.2, -0.15) is 13.2 Å². The Morgan fingerprint density at radius 2 is 2.00 bits per heavy atom. The molecule has 19 heavy (non-hydrogen) atoms. The lowest BCUT2D eigenvalue weighted by Gasteiger charge is -2.31. The van der Waals surface area contributed by atoms with E-state index < -0.39 is 34.8 Å². The van der Waals surface area contributed by atoms with E-state index in [4.69, 9.17) is 5.11 Å². The molecule has 0 bridgehead atoms. The van der Waals surface area contributed by atoms with Crippen LogP contribution in [-0.2, 0) is 15.8 Å². The van der Waals surface area contributed by atoms with Gasteiger partial charge in [-0.1, -0.05) is 11.3 Å². The summed E-state index contributed by atoms with van der Waals surface area (Å²) >= 11 is 0.314. The Hall–Kier alpha value is -1.64. The van der Waals surface area contributed by atoms with Crippen LogP contribution >= 0.6 is 11.3 Å². The quantitative estimate of drug-likeness (QED) is 0.895. The first-order chi connectivity index (χ1) is 8.79. The molecule has 1 aliphatic rings. The summed E-state index contributed by atoms with van der Waals surface area (Å²) in [5, 5.41) is 10.8. The van der Waals surface area contributed by atoms with Gasteiger partial charge in [0.05, 0.1) is 18.0 Å². The molecule has 1 aromatic heterocycles. The van der Waals surface area contributed by atoms with Crippen molar-refractivity contribution in [1.29, 1.82) is 0 Å². The number of amides is 1. The predicted molar refractivity (Wildman–Crippen MR) is 59.6 cm³/mol. The van der Waals surface area contributed by atoms with Gasteiger partial charge in [0.2, 0.25) is 5.91 Å². The predicted octanol–water partition coefficient (Wildman–Crippen LogP) is 2.21. The molecule has 0 spiro atoms. The van der Waals surface area contributed by atoms with Crippen molar-refractivity contribution in [2.24, 2.45) is 11.8 Å². The summed E-state index contributed by atoms with van der Waals surface area (Å²) in [6.45, 7) is 0. The van der Waals surface area contributed by atoms with Gasteiger partial charge in [-0.25, -0.2) is 4.98 Å². The topological polar surface area (TPSA) is 79.3 Å². The van der Waals surface area contributed by atoms with E-state index in [0.717, 1.165) is 0 Å². The smallest absolute Gasteiger partial charge is 0.427 e. The number of halogens is 3. The van der Waals surface area contributed by atoms with Gasteiger partial charge in [-0.15, -0.1) is 0 Å². The van der Waals surface area contributed by atoms with Crippen molar-refractivity contribution in [2.75, 3.05) is 5.32 Å². The van der Waals surface area contributed by atoms with Gasteiger partial charge < -0.3 is 10.4 Å². The largest absolute Gasteiger partial charge is 0.481 e. The third-order valence-electron chi connectivity index (χ3n) is 2.94. The molecule has 0 saturated heterocycles. The Morgan fingerprint density at radius 3 is 2.42 bits per heavy atom. The van der Waals surface area contributed by atoms with Crippen molar-refractivity contribution < 1.29 is 27.9 Å². The summed E-state index contributed by atoms with van der Waals surface area (Å²) < 4.78 is 37.0. The van der Waals surface area contributed by atoms with E-state index in [-0.39, 0.29) is 5.13 Å². The molecule has 104 valence electrons. The molecule has 1 fully saturated rings. The zero-order chi connectivity index (χ0) is 14.2. The molecule has 5 nitrogen and oxygen atoms in total. The summed E-state index contributed by atoms with van der Waals surface area (Å²) in [6.07, 6.45) is -3.05. The number of aliphatic carboxylic acids is 1. The number of nitrogens with zero attached hydrogens (tertiary/aromatic N) is 1. The molecule has 1 aromatic rings. The molecule has 0 aromatic carbocycles. The van der Waals surface area contributed by atoms with Crippen LogP contribution < -0.4 is 5.32 Å². The number of carbonyl (C=O) groups is 2.